The van der Waals surface area contributed by atoms with Crippen LogP contribution < -0.4 is 11.1 Å². The summed E-state index contributed by atoms with van der Waals surface area (Å²) in [6.45, 7) is 0. The van der Waals surface area contributed by atoms with Crippen molar-refractivity contribution in [1.29, 1.82) is 0 Å². The lowest BCUT2D eigenvalue weighted by molar-refractivity contribution is 1.07. The van der Waals surface area contributed by atoms with E-state index in [0.29, 0.717) is 5.70 Å². The van der Waals surface area contributed by atoms with E-state index in [9.17, 15) is 0 Å². The second-order valence-corrected chi connectivity index (χ2v) is 3.78. The summed E-state index contributed by atoms with van der Waals surface area (Å²) in [7, 11) is 0. The highest BCUT2D eigenvalue weighted by Gasteiger charge is 2.21. The van der Waals surface area contributed by atoms with Gasteiger partial charge in [0, 0.05) is 5.69 Å². The zero-order valence-electron chi connectivity index (χ0n) is 9.07. The second-order valence-electron chi connectivity index (χ2n) is 3.78. The van der Waals surface area contributed by atoms with Crippen molar-refractivity contribution >= 4 is 17.6 Å². The smallest absolute Gasteiger partial charge is 0.235 e. The molecular formula is C13H11N4+. The molecule has 17 heavy (non-hydrogen) atoms. The molecule has 4 N–H and O–H groups in total. The molecule has 1 aromatic heterocycles. The van der Waals surface area contributed by atoms with Gasteiger partial charge in [-0.05, 0) is 12.1 Å². The van der Waals surface area contributed by atoms with Gasteiger partial charge in [-0.25, -0.2) is 5.10 Å². The summed E-state index contributed by atoms with van der Waals surface area (Å²) in [5, 5.41) is 10.4. The summed E-state index contributed by atoms with van der Waals surface area (Å²) >= 11 is 0. The van der Waals surface area contributed by atoms with E-state index in [1.54, 1.807) is 6.08 Å². The molecule has 1 aliphatic rings. The largest absolute Gasteiger partial charge is 0.347 e. The van der Waals surface area contributed by atoms with E-state index >= 15 is 0 Å². The van der Waals surface area contributed by atoms with Crippen LogP contribution >= 0.6 is 0 Å². The summed E-state index contributed by atoms with van der Waals surface area (Å²) < 4.78 is 0. The Morgan fingerprint density at radius 2 is 2.06 bits per heavy atom. The van der Waals surface area contributed by atoms with Crippen LogP contribution in [0.2, 0.25) is 0 Å². The van der Waals surface area contributed by atoms with E-state index in [-0.39, 0.29) is 0 Å². The van der Waals surface area contributed by atoms with Gasteiger partial charge in [-0.3, -0.25) is 0 Å². The van der Waals surface area contributed by atoms with Crippen LogP contribution in [-0.4, -0.2) is 10.2 Å². The SMILES string of the molecule is NC1=Cc2c(Nc3ccccc3)n[nH]c2[C+]=C1. The van der Waals surface area contributed by atoms with E-state index < -0.39 is 0 Å². The lowest BCUT2D eigenvalue weighted by Crippen LogP contribution is -1.99. The number of fused-ring (bicyclic) bond motifs is 1. The summed E-state index contributed by atoms with van der Waals surface area (Å²) in [5.41, 5.74) is 9.19. The Morgan fingerprint density at radius 1 is 1.24 bits per heavy atom. The van der Waals surface area contributed by atoms with Crippen LogP contribution in [0.15, 0.2) is 42.1 Å². The van der Waals surface area contributed by atoms with Crippen LogP contribution in [0, 0.1) is 6.08 Å². The molecule has 4 heteroatoms. The van der Waals surface area contributed by atoms with E-state index in [2.05, 4.69) is 21.6 Å². The highest BCUT2D eigenvalue weighted by Crippen LogP contribution is 2.25. The fourth-order valence-corrected chi connectivity index (χ4v) is 1.72. The van der Waals surface area contributed by atoms with Crippen LogP contribution in [0.1, 0.15) is 11.3 Å². The van der Waals surface area contributed by atoms with Crippen molar-refractivity contribution in [2.24, 2.45) is 5.73 Å². The molecule has 0 fully saturated rings. The van der Waals surface area contributed by atoms with Crippen molar-refractivity contribution in [3.63, 3.8) is 0 Å². The summed E-state index contributed by atoms with van der Waals surface area (Å²) in [6, 6.07) is 9.88. The monoisotopic (exact) mass is 223 g/mol. The van der Waals surface area contributed by atoms with Crippen molar-refractivity contribution < 1.29 is 0 Å². The maximum Gasteiger partial charge on any atom is 0.235 e. The predicted octanol–water partition coefficient (Wildman–Crippen LogP) is 2.17. The third-order valence-corrected chi connectivity index (χ3v) is 2.53. The zero-order valence-corrected chi connectivity index (χ0v) is 9.07. The Morgan fingerprint density at radius 3 is 2.88 bits per heavy atom. The third-order valence-electron chi connectivity index (χ3n) is 2.53. The topological polar surface area (TPSA) is 66.7 Å². The number of para-hydroxylation sites is 1. The molecule has 3 rings (SSSR count). The molecule has 0 unspecified atom stereocenters. The molecule has 0 aliphatic heterocycles. The number of rotatable bonds is 2. The van der Waals surface area contributed by atoms with Crippen molar-refractivity contribution in [1.82, 2.24) is 10.2 Å². The Bertz CT molecular complexity index is 593. The number of hydrogen-bond donors (Lipinski definition) is 3. The van der Waals surface area contributed by atoms with Gasteiger partial charge in [0.2, 0.25) is 11.5 Å². The molecular weight excluding hydrogens is 212 g/mol. The molecule has 0 saturated heterocycles. The maximum atomic E-state index is 5.74. The quantitative estimate of drug-likeness (QED) is 0.683. The Kier molecular flexibility index (Phi) is 2.14. The maximum absolute atomic E-state index is 5.74. The van der Waals surface area contributed by atoms with Gasteiger partial charge in [-0.15, -0.1) is 5.10 Å². The average molecular weight is 223 g/mol. The predicted molar refractivity (Wildman–Crippen MR) is 67.4 cm³/mol. The second kappa shape index (κ2) is 3.77. The normalized spacial score (nSPS) is 12.6. The fourth-order valence-electron chi connectivity index (χ4n) is 1.72. The lowest BCUT2D eigenvalue weighted by Gasteiger charge is -2.01. The van der Waals surface area contributed by atoms with Crippen molar-refractivity contribution in [3.8, 4) is 0 Å². The highest BCUT2D eigenvalue weighted by atomic mass is 15.2. The zero-order chi connectivity index (χ0) is 11.7. The van der Waals surface area contributed by atoms with Crippen LogP contribution in [0.4, 0.5) is 11.5 Å². The minimum absolute atomic E-state index is 0.676. The minimum Gasteiger partial charge on any atom is -0.347 e. The number of H-pyrrole nitrogens is 1. The number of anilines is 2. The van der Waals surface area contributed by atoms with Crippen LogP contribution in [-0.2, 0) is 0 Å². The first-order chi connectivity index (χ1) is 8.33. The Hall–Kier alpha value is -2.58. The van der Waals surface area contributed by atoms with Gasteiger partial charge in [0.05, 0.1) is 12.2 Å². The molecule has 0 atom stereocenters. The number of nitrogens with zero attached hydrogens (tertiary/aromatic N) is 1. The van der Waals surface area contributed by atoms with Crippen molar-refractivity contribution in [3.05, 3.63) is 59.4 Å². The van der Waals surface area contributed by atoms with Crippen LogP contribution in [0.5, 0.6) is 0 Å². The minimum atomic E-state index is 0.676. The summed E-state index contributed by atoms with van der Waals surface area (Å²) in [5.74, 6) is 0.759. The Balaban J connectivity index is 1.96. The molecule has 0 amide bonds. The van der Waals surface area contributed by atoms with Crippen molar-refractivity contribution in [2.75, 3.05) is 5.32 Å². The first kappa shape index (κ1) is 9.63. The van der Waals surface area contributed by atoms with Gasteiger partial charge in [0.15, 0.2) is 5.56 Å². The standard InChI is InChI=1S/C13H11N4/c14-9-6-7-12-11(8-9)13(17-16-12)15-10-4-2-1-3-5-10/h1-6,8H,14H2,(H2,15,16,17)/q+1. The Labute approximate surface area is 98.9 Å². The number of benzene rings is 1. The first-order valence-corrected chi connectivity index (χ1v) is 5.30. The van der Waals surface area contributed by atoms with E-state index in [1.165, 1.54) is 0 Å². The molecule has 1 aromatic carbocycles. The molecule has 1 aliphatic carbocycles. The van der Waals surface area contributed by atoms with Crippen LogP contribution in [0.3, 0.4) is 0 Å². The summed E-state index contributed by atoms with van der Waals surface area (Å²) in [4.78, 5) is 0. The molecule has 1 heterocycles. The number of nitrogens with one attached hydrogen (secondary N) is 2. The van der Waals surface area contributed by atoms with Gasteiger partial charge in [-0.2, -0.15) is 0 Å². The van der Waals surface area contributed by atoms with Gasteiger partial charge < -0.3 is 11.1 Å². The van der Waals surface area contributed by atoms with Gasteiger partial charge in [-0.1, -0.05) is 18.2 Å². The molecule has 0 bridgehead atoms. The number of aromatic amines is 1. The van der Waals surface area contributed by atoms with Crippen LogP contribution in [0.25, 0.3) is 6.08 Å². The number of hydrogen-bond acceptors (Lipinski definition) is 3. The van der Waals surface area contributed by atoms with Crippen molar-refractivity contribution in [2.45, 2.75) is 0 Å². The molecule has 4 nitrogen and oxygen atoms in total. The van der Waals surface area contributed by atoms with E-state index in [1.807, 2.05) is 36.4 Å². The molecule has 0 radical (unpaired) electrons. The van der Waals surface area contributed by atoms with Gasteiger partial charge >= 0.3 is 0 Å². The molecule has 82 valence electrons. The highest BCUT2D eigenvalue weighted by molar-refractivity contribution is 5.74. The molecule has 2 aromatic rings. The third kappa shape index (κ3) is 1.77. The molecule has 0 spiro atoms. The lowest BCUT2D eigenvalue weighted by atomic mass is 10.1. The van der Waals surface area contributed by atoms with Gasteiger partial charge in [0.25, 0.3) is 0 Å². The average Bonchev–Trinajstić information content (AvgIpc) is 2.73. The number of nitrogens with two attached hydrogens (primary N) is 1. The van der Waals surface area contributed by atoms with Gasteiger partial charge in [0.1, 0.15) is 11.8 Å². The fraction of sp³-hybridized carbons (Fsp3) is 0. The summed E-state index contributed by atoms with van der Waals surface area (Å²) in [6.07, 6.45) is 6.65. The molecule has 0 saturated carbocycles. The van der Waals surface area contributed by atoms with E-state index in [0.717, 1.165) is 22.8 Å². The first-order valence-electron chi connectivity index (χ1n) is 5.30. The number of allylic oxidation sites excluding steroid dienone is 1. The number of aromatic nitrogens is 2. The van der Waals surface area contributed by atoms with E-state index in [4.69, 9.17) is 5.73 Å².